The van der Waals surface area contributed by atoms with Crippen LogP contribution in [0.1, 0.15) is 0 Å². The van der Waals surface area contributed by atoms with E-state index in [2.05, 4.69) is 10.6 Å². The molecule has 112 valence electrons. The number of nitrogens with one attached hydrogen (secondary N) is 2. The third-order valence-electron chi connectivity index (χ3n) is 3.04. The van der Waals surface area contributed by atoms with E-state index in [4.69, 9.17) is 16.3 Å². The van der Waals surface area contributed by atoms with E-state index in [0.29, 0.717) is 29.5 Å². The zero-order valence-corrected chi connectivity index (χ0v) is 12.5. The number of ether oxygens (including phenoxy) is 1. The van der Waals surface area contributed by atoms with E-state index in [0.717, 1.165) is 0 Å². The molecule has 0 bridgehead atoms. The van der Waals surface area contributed by atoms with Gasteiger partial charge in [-0.3, -0.25) is 9.59 Å². The predicted molar refractivity (Wildman–Crippen MR) is 81.5 cm³/mol. The van der Waals surface area contributed by atoms with Crippen molar-refractivity contribution < 1.29 is 14.3 Å². The molecule has 1 heterocycles. The quantitative estimate of drug-likeness (QED) is 0.501. The lowest BCUT2D eigenvalue weighted by Crippen LogP contribution is -2.31. The number of nitrogens with zero attached hydrogens (tertiary/aromatic N) is 1. The molecule has 0 atom stereocenters. The summed E-state index contributed by atoms with van der Waals surface area (Å²) in [6.45, 7) is 0.980. The van der Waals surface area contributed by atoms with Gasteiger partial charge in [0.15, 0.2) is 0 Å². The fraction of sp³-hybridized carbons (Fsp3) is 0.286. The zero-order chi connectivity index (χ0) is 15.4. The van der Waals surface area contributed by atoms with Crippen molar-refractivity contribution in [2.75, 3.05) is 37.5 Å². The number of methoxy groups -OCH3 is 1. The highest BCUT2D eigenvalue weighted by molar-refractivity contribution is 6.33. The average molecular weight is 310 g/mol. The summed E-state index contributed by atoms with van der Waals surface area (Å²) >= 11 is 5.92. The van der Waals surface area contributed by atoms with Crippen LogP contribution in [0.25, 0.3) is 0 Å². The first-order valence-corrected chi connectivity index (χ1v) is 6.74. The summed E-state index contributed by atoms with van der Waals surface area (Å²) in [5.74, 6) is -0.865. The molecule has 0 unspecified atom stereocenters. The second kappa shape index (κ2) is 6.60. The summed E-state index contributed by atoms with van der Waals surface area (Å²) in [5.41, 5.74) is 1.13. The van der Waals surface area contributed by atoms with Crippen LogP contribution in [0.15, 0.2) is 30.0 Å². The van der Waals surface area contributed by atoms with E-state index < -0.39 is 11.8 Å². The highest BCUT2D eigenvalue weighted by Gasteiger charge is 2.28. The summed E-state index contributed by atoms with van der Waals surface area (Å²) in [6, 6.07) is 4.97. The molecule has 6 nitrogen and oxygen atoms in total. The number of fused-ring (bicyclic) bond motifs is 1. The van der Waals surface area contributed by atoms with Crippen LogP contribution in [0.5, 0.6) is 0 Å². The van der Waals surface area contributed by atoms with Crippen LogP contribution in [0.2, 0.25) is 5.02 Å². The Labute approximate surface area is 127 Å². The second-order valence-electron chi connectivity index (χ2n) is 4.48. The number of amides is 2. The highest BCUT2D eigenvalue weighted by Crippen LogP contribution is 2.31. The van der Waals surface area contributed by atoms with Crippen LogP contribution >= 0.6 is 11.6 Å². The van der Waals surface area contributed by atoms with Gasteiger partial charge in [0.2, 0.25) is 0 Å². The number of rotatable bonds is 4. The van der Waals surface area contributed by atoms with Crippen molar-refractivity contribution in [3.63, 3.8) is 0 Å². The SMILES string of the molecule is COCCN/C=C1/C(=O)Nc2cc(Cl)ccc2N(C)C1=O. The van der Waals surface area contributed by atoms with Gasteiger partial charge in [-0.2, -0.15) is 0 Å². The van der Waals surface area contributed by atoms with Gasteiger partial charge in [0, 0.05) is 31.9 Å². The van der Waals surface area contributed by atoms with Crippen LogP contribution in [0, 0.1) is 0 Å². The highest BCUT2D eigenvalue weighted by atomic mass is 35.5. The van der Waals surface area contributed by atoms with E-state index in [1.807, 2.05) is 0 Å². The summed E-state index contributed by atoms with van der Waals surface area (Å²) in [6.07, 6.45) is 1.40. The lowest BCUT2D eigenvalue weighted by molar-refractivity contribution is -0.119. The molecular formula is C14H16ClN3O3. The van der Waals surface area contributed by atoms with Crippen molar-refractivity contribution >= 4 is 34.8 Å². The predicted octanol–water partition coefficient (Wildman–Crippen LogP) is 1.37. The van der Waals surface area contributed by atoms with E-state index in [9.17, 15) is 9.59 Å². The average Bonchev–Trinajstić information content (AvgIpc) is 2.53. The van der Waals surface area contributed by atoms with Gasteiger partial charge in [-0.25, -0.2) is 0 Å². The molecule has 1 aliphatic rings. The van der Waals surface area contributed by atoms with Crippen LogP contribution in [-0.4, -0.2) is 39.1 Å². The molecule has 2 N–H and O–H groups in total. The van der Waals surface area contributed by atoms with Crippen LogP contribution < -0.4 is 15.5 Å². The number of hydrogen-bond donors (Lipinski definition) is 2. The molecule has 1 aromatic carbocycles. The Morgan fingerprint density at radius 3 is 2.90 bits per heavy atom. The Kier molecular flexibility index (Phi) is 4.82. The minimum absolute atomic E-state index is 0.0286. The number of benzene rings is 1. The maximum absolute atomic E-state index is 12.4. The molecule has 0 fully saturated rings. The first-order chi connectivity index (χ1) is 10.0. The number of anilines is 2. The fourth-order valence-corrected chi connectivity index (χ4v) is 2.11. The van der Waals surface area contributed by atoms with Crippen molar-refractivity contribution in [2.45, 2.75) is 0 Å². The molecule has 0 spiro atoms. The van der Waals surface area contributed by atoms with Crippen molar-refractivity contribution in [3.05, 3.63) is 35.0 Å². The van der Waals surface area contributed by atoms with Gasteiger partial charge in [0.25, 0.3) is 11.8 Å². The monoisotopic (exact) mass is 309 g/mol. The summed E-state index contributed by atoms with van der Waals surface area (Å²) in [4.78, 5) is 25.9. The first-order valence-electron chi connectivity index (χ1n) is 6.36. The van der Waals surface area contributed by atoms with Crippen LogP contribution in [0.3, 0.4) is 0 Å². The molecule has 2 amide bonds. The van der Waals surface area contributed by atoms with Crippen molar-refractivity contribution in [2.24, 2.45) is 0 Å². The standard InChI is InChI=1S/C14H16ClN3O3/c1-18-12-4-3-9(15)7-11(12)17-13(19)10(14(18)20)8-16-5-6-21-2/h3-4,7-8,16H,5-6H2,1-2H3,(H,17,19)/b10-8-. The Morgan fingerprint density at radius 2 is 2.19 bits per heavy atom. The van der Waals surface area contributed by atoms with Gasteiger partial charge in [-0.1, -0.05) is 11.6 Å². The van der Waals surface area contributed by atoms with Crippen molar-refractivity contribution in [1.29, 1.82) is 0 Å². The van der Waals surface area contributed by atoms with Gasteiger partial charge in [-0.05, 0) is 18.2 Å². The Balaban J connectivity index is 2.29. The lowest BCUT2D eigenvalue weighted by Gasteiger charge is -2.16. The zero-order valence-electron chi connectivity index (χ0n) is 11.8. The number of halogens is 1. The van der Waals surface area contributed by atoms with Crippen LogP contribution in [0.4, 0.5) is 11.4 Å². The number of carbonyl (C=O) groups excluding carboxylic acids is 2. The number of carbonyl (C=O) groups is 2. The molecule has 1 aliphatic heterocycles. The van der Waals surface area contributed by atoms with E-state index in [-0.39, 0.29) is 5.57 Å². The second-order valence-corrected chi connectivity index (χ2v) is 4.92. The molecule has 0 saturated carbocycles. The summed E-state index contributed by atoms with van der Waals surface area (Å²) < 4.78 is 4.89. The maximum Gasteiger partial charge on any atom is 0.265 e. The largest absolute Gasteiger partial charge is 0.388 e. The van der Waals surface area contributed by atoms with Gasteiger partial charge in [0.1, 0.15) is 5.57 Å². The van der Waals surface area contributed by atoms with Gasteiger partial charge >= 0.3 is 0 Å². The van der Waals surface area contributed by atoms with Crippen molar-refractivity contribution in [3.8, 4) is 0 Å². The third kappa shape index (κ3) is 3.34. The smallest absolute Gasteiger partial charge is 0.265 e. The normalized spacial score (nSPS) is 16.5. The molecule has 2 rings (SSSR count). The van der Waals surface area contributed by atoms with Gasteiger partial charge < -0.3 is 20.3 Å². The Bertz CT molecular complexity index is 601. The lowest BCUT2D eigenvalue weighted by atomic mass is 10.2. The molecule has 0 aliphatic carbocycles. The van der Waals surface area contributed by atoms with E-state index in [1.165, 1.54) is 11.1 Å². The Morgan fingerprint density at radius 1 is 1.43 bits per heavy atom. The molecule has 1 aromatic rings. The van der Waals surface area contributed by atoms with Gasteiger partial charge in [0.05, 0.1) is 18.0 Å². The molecule has 7 heteroatoms. The van der Waals surface area contributed by atoms with Gasteiger partial charge in [-0.15, -0.1) is 0 Å². The fourth-order valence-electron chi connectivity index (χ4n) is 1.94. The Hall–Kier alpha value is -2.05. The topological polar surface area (TPSA) is 70.7 Å². The summed E-state index contributed by atoms with van der Waals surface area (Å²) in [5, 5.41) is 6.06. The molecule has 0 aromatic heterocycles. The van der Waals surface area contributed by atoms with Crippen molar-refractivity contribution in [1.82, 2.24) is 5.32 Å². The number of likely N-dealkylation sites (N-methyl/N-ethyl adjacent to an activating group) is 1. The molecule has 0 saturated heterocycles. The third-order valence-corrected chi connectivity index (χ3v) is 3.28. The first kappa shape index (κ1) is 15.3. The number of hydrogen-bond acceptors (Lipinski definition) is 4. The molecule has 0 radical (unpaired) electrons. The maximum atomic E-state index is 12.4. The van der Waals surface area contributed by atoms with Crippen LogP contribution in [-0.2, 0) is 14.3 Å². The minimum atomic E-state index is -0.474. The van der Waals surface area contributed by atoms with E-state index in [1.54, 1.807) is 32.4 Å². The molecular weight excluding hydrogens is 294 g/mol. The summed E-state index contributed by atoms with van der Waals surface area (Å²) in [7, 11) is 3.19. The minimum Gasteiger partial charge on any atom is -0.388 e. The molecule has 21 heavy (non-hydrogen) atoms. The van der Waals surface area contributed by atoms with E-state index >= 15 is 0 Å².